The molecule has 112 valence electrons. The quantitative estimate of drug-likeness (QED) is 0.785. The molecular weight excluding hydrogens is 285 g/mol. The molecule has 7 heteroatoms. The molecule has 0 aliphatic heterocycles. The summed E-state index contributed by atoms with van der Waals surface area (Å²) in [5, 5.41) is 9.14. The van der Waals surface area contributed by atoms with Crippen molar-refractivity contribution in [2.45, 2.75) is 12.2 Å². The molecule has 0 fully saturated rings. The first-order chi connectivity index (χ1) is 9.85. The Kier molecular flexibility index (Phi) is 5.36. The molecule has 0 spiro atoms. The molecule has 1 aromatic carbocycles. The number of hydrogen-bond acceptors (Lipinski definition) is 3. The van der Waals surface area contributed by atoms with Gasteiger partial charge < -0.3 is 9.64 Å². The zero-order chi connectivity index (χ0) is 16.0. The molecule has 0 saturated heterocycles. The average molecular weight is 298 g/mol. The maximum absolute atomic E-state index is 12.6. The van der Waals surface area contributed by atoms with Crippen molar-refractivity contribution in [3.63, 3.8) is 0 Å². The Labute approximate surface area is 120 Å². The summed E-state index contributed by atoms with van der Waals surface area (Å²) in [4.78, 5) is 11.9. The second-order valence-corrected chi connectivity index (χ2v) is 4.05. The first kappa shape index (κ1) is 16.6. The number of carbonyl (C=O) groups excluding carboxylic acids is 1. The van der Waals surface area contributed by atoms with Crippen LogP contribution in [0.2, 0.25) is 0 Å². The van der Waals surface area contributed by atoms with E-state index in [0.717, 1.165) is 6.08 Å². The molecule has 0 saturated carbocycles. The predicted molar refractivity (Wildman–Crippen MR) is 69.3 cm³/mol. The van der Waals surface area contributed by atoms with E-state index in [0.29, 0.717) is 10.6 Å². The third-order valence-electron chi connectivity index (χ3n) is 2.69. The predicted octanol–water partition coefficient (Wildman–Crippen LogP) is 2.84. The lowest BCUT2D eigenvalue weighted by molar-refractivity contribution is -0.186. The average Bonchev–Trinajstić information content (AvgIpc) is 2.46. The fraction of sp³-hybridized carbons (Fsp3) is 0.286. The van der Waals surface area contributed by atoms with E-state index in [1.165, 1.54) is 31.4 Å². The number of nitriles is 1. The second-order valence-electron chi connectivity index (χ2n) is 4.05. The van der Waals surface area contributed by atoms with Crippen molar-refractivity contribution in [2.24, 2.45) is 0 Å². The molecule has 1 aromatic rings. The minimum Gasteiger partial charge on any atom is -0.497 e. The standard InChI is InChI=1S/C14H13F3N2O2/c1-3-8-19(13(20)14(15,16)17)12(9-18)10-4-6-11(21-2)7-5-10/h3-7,12H,1,8H2,2H3. The summed E-state index contributed by atoms with van der Waals surface area (Å²) >= 11 is 0. The number of nitrogens with zero attached hydrogens (tertiary/aromatic N) is 2. The van der Waals surface area contributed by atoms with Crippen LogP contribution in [0.15, 0.2) is 36.9 Å². The third kappa shape index (κ3) is 3.99. The van der Waals surface area contributed by atoms with Crippen LogP contribution >= 0.6 is 0 Å². The van der Waals surface area contributed by atoms with Gasteiger partial charge in [0.1, 0.15) is 11.8 Å². The van der Waals surface area contributed by atoms with E-state index in [4.69, 9.17) is 10.00 Å². The van der Waals surface area contributed by atoms with E-state index in [-0.39, 0.29) is 12.1 Å². The molecule has 0 heterocycles. The van der Waals surface area contributed by atoms with Crippen LogP contribution in [0.4, 0.5) is 13.2 Å². The summed E-state index contributed by atoms with van der Waals surface area (Å²) in [6, 6.07) is 6.23. The van der Waals surface area contributed by atoms with E-state index in [9.17, 15) is 18.0 Å². The van der Waals surface area contributed by atoms with Crippen molar-refractivity contribution in [3.8, 4) is 11.8 Å². The van der Waals surface area contributed by atoms with E-state index >= 15 is 0 Å². The van der Waals surface area contributed by atoms with Gasteiger partial charge in [-0.2, -0.15) is 18.4 Å². The lowest BCUT2D eigenvalue weighted by Gasteiger charge is -2.27. The Morgan fingerprint density at radius 2 is 2.05 bits per heavy atom. The van der Waals surface area contributed by atoms with E-state index in [2.05, 4.69) is 6.58 Å². The van der Waals surface area contributed by atoms with Crippen LogP contribution in [0.3, 0.4) is 0 Å². The molecule has 0 aliphatic rings. The molecule has 0 N–H and O–H groups in total. The number of carbonyl (C=O) groups is 1. The highest BCUT2D eigenvalue weighted by Crippen LogP contribution is 2.27. The van der Waals surface area contributed by atoms with Crippen LogP contribution in [-0.4, -0.2) is 30.6 Å². The van der Waals surface area contributed by atoms with E-state index in [1.807, 2.05) is 0 Å². The third-order valence-corrected chi connectivity index (χ3v) is 2.69. The van der Waals surface area contributed by atoms with Crippen LogP contribution in [0.5, 0.6) is 5.75 Å². The summed E-state index contributed by atoms with van der Waals surface area (Å²) in [6.45, 7) is 2.93. The Balaban J connectivity index is 3.15. The van der Waals surface area contributed by atoms with Crippen molar-refractivity contribution in [2.75, 3.05) is 13.7 Å². The fourth-order valence-electron chi connectivity index (χ4n) is 1.72. The Morgan fingerprint density at radius 1 is 1.48 bits per heavy atom. The van der Waals surface area contributed by atoms with Gasteiger partial charge in [-0.05, 0) is 17.7 Å². The number of ether oxygens (including phenoxy) is 1. The van der Waals surface area contributed by atoms with Gasteiger partial charge in [0, 0.05) is 6.54 Å². The van der Waals surface area contributed by atoms with Gasteiger partial charge in [0.25, 0.3) is 0 Å². The minimum absolute atomic E-state index is 0.262. The monoisotopic (exact) mass is 298 g/mol. The first-order valence-electron chi connectivity index (χ1n) is 5.87. The van der Waals surface area contributed by atoms with Crippen molar-refractivity contribution in [3.05, 3.63) is 42.5 Å². The molecule has 21 heavy (non-hydrogen) atoms. The number of benzene rings is 1. The number of rotatable bonds is 5. The maximum Gasteiger partial charge on any atom is 0.471 e. The molecule has 4 nitrogen and oxygen atoms in total. The van der Waals surface area contributed by atoms with E-state index < -0.39 is 18.1 Å². The summed E-state index contributed by atoms with van der Waals surface area (Å²) in [7, 11) is 1.44. The summed E-state index contributed by atoms with van der Waals surface area (Å²) in [6.07, 6.45) is -3.91. The Bertz CT molecular complexity index is 547. The van der Waals surface area contributed by atoms with Crippen molar-refractivity contribution in [1.82, 2.24) is 4.90 Å². The number of halogens is 3. The largest absolute Gasteiger partial charge is 0.497 e. The topological polar surface area (TPSA) is 53.3 Å². The van der Waals surface area contributed by atoms with Crippen LogP contribution in [0, 0.1) is 11.3 Å². The van der Waals surface area contributed by atoms with Crippen LogP contribution in [-0.2, 0) is 4.79 Å². The van der Waals surface area contributed by atoms with Gasteiger partial charge in [-0.15, -0.1) is 6.58 Å². The zero-order valence-electron chi connectivity index (χ0n) is 11.2. The minimum atomic E-state index is -5.05. The van der Waals surface area contributed by atoms with Crippen molar-refractivity contribution < 1.29 is 22.7 Å². The molecule has 1 atom stereocenters. The van der Waals surface area contributed by atoms with Crippen LogP contribution < -0.4 is 4.74 Å². The Morgan fingerprint density at radius 3 is 2.43 bits per heavy atom. The van der Waals surface area contributed by atoms with Crippen LogP contribution in [0.25, 0.3) is 0 Å². The summed E-state index contributed by atoms with van der Waals surface area (Å²) in [5.41, 5.74) is 0.262. The van der Waals surface area contributed by atoms with Gasteiger partial charge in [-0.3, -0.25) is 4.79 Å². The van der Waals surface area contributed by atoms with Gasteiger partial charge in [-0.25, -0.2) is 0 Å². The molecule has 1 rings (SSSR count). The molecule has 0 radical (unpaired) electrons. The highest BCUT2D eigenvalue weighted by atomic mass is 19.4. The molecular formula is C14H13F3N2O2. The van der Waals surface area contributed by atoms with Crippen molar-refractivity contribution >= 4 is 5.91 Å². The number of amides is 1. The van der Waals surface area contributed by atoms with Crippen LogP contribution in [0.1, 0.15) is 11.6 Å². The number of hydrogen-bond donors (Lipinski definition) is 0. The molecule has 1 amide bonds. The van der Waals surface area contributed by atoms with Gasteiger partial charge >= 0.3 is 12.1 Å². The zero-order valence-corrected chi connectivity index (χ0v) is 11.2. The second kappa shape index (κ2) is 6.79. The molecule has 0 aliphatic carbocycles. The Hall–Kier alpha value is -2.49. The van der Waals surface area contributed by atoms with Gasteiger partial charge in [0.05, 0.1) is 13.2 Å². The highest BCUT2D eigenvalue weighted by Gasteiger charge is 2.44. The number of alkyl halides is 3. The number of methoxy groups -OCH3 is 1. The lowest BCUT2D eigenvalue weighted by Crippen LogP contribution is -2.43. The van der Waals surface area contributed by atoms with Gasteiger partial charge in [0.2, 0.25) is 0 Å². The molecule has 0 aromatic heterocycles. The highest BCUT2D eigenvalue weighted by molar-refractivity contribution is 5.82. The van der Waals surface area contributed by atoms with E-state index in [1.54, 1.807) is 6.07 Å². The SMILES string of the molecule is C=CCN(C(=O)C(F)(F)F)C(C#N)c1ccc(OC)cc1. The fourth-order valence-corrected chi connectivity index (χ4v) is 1.72. The van der Waals surface area contributed by atoms with Gasteiger partial charge in [0.15, 0.2) is 0 Å². The maximum atomic E-state index is 12.6. The summed E-state index contributed by atoms with van der Waals surface area (Å²) < 4.78 is 42.7. The van der Waals surface area contributed by atoms with Crippen molar-refractivity contribution in [1.29, 1.82) is 5.26 Å². The normalized spacial score (nSPS) is 12.1. The summed E-state index contributed by atoms with van der Waals surface area (Å²) in [5.74, 6) is -1.59. The van der Waals surface area contributed by atoms with Gasteiger partial charge in [-0.1, -0.05) is 18.2 Å². The smallest absolute Gasteiger partial charge is 0.471 e. The molecule has 0 bridgehead atoms. The molecule has 1 unspecified atom stereocenters. The first-order valence-corrected chi connectivity index (χ1v) is 5.87. The lowest BCUT2D eigenvalue weighted by atomic mass is 10.1.